The number of aryl methyl sites for hydroxylation is 1. The second kappa shape index (κ2) is 3.94. The molecule has 0 saturated carbocycles. The Balaban J connectivity index is 0.000000720. The van der Waals surface area contributed by atoms with E-state index in [0.717, 1.165) is 18.5 Å². The van der Waals surface area contributed by atoms with Crippen molar-refractivity contribution in [1.82, 2.24) is 0 Å². The summed E-state index contributed by atoms with van der Waals surface area (Å²) in [6.07, 6.45) is 2.16. The number of rotatable bonds is 0. The van der Waals surface area contributed by atoms with Gasteiger partial charge in [-0.2, -0.15) is 24.3 Å². The number of benzene rings is 1. The molecule has 1 aromatic rings. The van der Waals surface area contributed by atoms with Crippen LogP contribution in [0.4, 0.5) is 5.69 Å². The molecule has 61 valence electrons. The first-order chi connectivity index (χ1) is 5.36. The normalized spacial score (nSPS) is 14.2. The molecule has 2 rings (SSSR count). The van der Waals surface area contributed by atoms with E-state index in [4.69, 9.17) is 0 Å². The van der Waals surface area contributed by atoms with E-state index in [9.17, 15) is 0 Å². The fourth-order valence-electron chi connectivity index (χ4n) is 1.34. The fraction of sp³-hybridized carbons (Fsp3) is 0.200. The number of hydrogen-bond acceptors (Lipinski definition) is 1. The predicted molar refractivity (Wildman–Crippen MR) is 46.4 cm³/mol. The molecule has 0 spiro atoms. The van der Waals surface area contributed by atoms with Crippen LogP contribution in [0.2, 0.25) is 0 Å². The molecule has 1 radical (unpaired) electrons. The number of allylic oxidation sites excluding steroid dienone is 1. The average molecular weight is 237 g/mol. The van der Waals surface area contributed by atoms with Gasteiger partial charge in [0.25, 0.3) is 0 Å². The summed E-state index contributed by atoms with van der Waals surface area (Å²) in [6, 6.07) is 9.07. The van der Waals surface area contributed by atoms with Crippen LogP contribution in [0, 0.1) is 6.07 Å². The zero-order chi connectivity index (χ0) is 7.68. The summed E-state index contributed by atoms with van der Waals surface area (Å²) in [5, 5.41) is 3.23. The van der Waals surface area contributed by atoms with Crippen LogP contribution in [-0.4, -0.2) is 0 Å². The largest absolute Gasteiger partial charge is 0.412 e. The molecule has 0 amide bonds. The summed E-state index contributed by atoms with van der Waals surface area (Å²) in [4.78, 5) is 0. The van der Waals surface area contributed by atoms with Gasteiger partial charge in [0, 0.05) is 22.4 Å². The van der Waals surface area contributed by atoms with Gasteiger partial charge in [0.05, 0.1) is 0 Å². The van der Waals surface area contributed by atoms with Crippen molar-refractivity contribution < 1.29 is 22.4 Å². The molecule has 0 bridgehead atoms. The van der Waals surface area contributed by atoms with Gasteiger partial charge in [-0.1, -0.05) is 12.3 Å². The Kier molecular flexibility index (Phi) is 3.15. The van der Waals surface area contributed by atoms with E-state index in [1.807, 2.05) is 12.1 Å². The molecule has 0 aromatic heterocycles. The Bertz CT molecular complexity index is 294. The van der Waals surface area contributed by atoms with Gasteiger partial charge >= 0.3 is 0 Å². The van der Waals surface area contributed by atoms with Crippen LogP contribution in [-0.2, 0) is 28.8 Å². The summed E-state index contributed by atoms with van der Waals surface area (Å²) in [7, 11) is 0. The number of anilines is 1. The Morgan fingerprint density at radius 3 is 3.08 bits per heavy atom. The molecule has 0 aliphatic carbocycles. The standard InChI is InChI=1S/C10H10N.Nb/c1-8-6-7-9-4-2-3-5-10(9)11-8;/h2,4-5,11H,1,6-7H2;/q-1;. The molecular weight excluding hydrogens is 227 g/mol. The van der Waals surface area contributed by atoms with E-state index in [0.29, 0.717) is 0 Å². The zero-order valence-electron chi connectivity index (χ0n) is 6.80. The second-order valence-electron chi connectivity index (χ2n) is 2.81. The van der Waals surface area contributed by atoms with E-state index < -0.39 is 0 Å². The van der Waals surface area contributed by atoms with Crippen LogP contribution in [0.5, 0.6) is 0 Å². The van der Waals surface area contributed by atoms with E-state index in [-0.39, 0.29) is 22.4 Å². The molecule has 12 heavy (non-hydrogen) atoms. The van der Waals surface area contributed by atoms with Crippen LogP contribution >= 0.6 is 0 Å². The molecule has 0 atom stereocenters. The van der Waals surface area contributed by atoms with Crippen molar-refractivity contribution in [1.29, 1.82) is 0 Å². The van der Waals surface area contributed by atoms with Gasteiger partial charge in [0.2, 0.25) is 0 Å². The van der Waals surface area contributed by atoms with Crippen LogP contribution < -0.4 is 5.32 Å². The van der Waals surface area contributed by atoms with Crippen LogP contribution in [0.1, 0.15) is 12.0 Å². The first-order valence-corrected chi connectivity index (χ1v) is 3.80. The minimum atomic E-state index is 0. The van der Waals surface area contributed by atoms with E-state index in [1.54, 1.807) is 0 Å². The van der Waals surface area contributed by atoms with Gasteiger partial charge in [0.1, 0.15) is 0 Å². The number of hydrogen-bond donors (Lipinski definition) is 1. The molecular formula is C10H10NNb-. The molecule has 2 heteroatoms. The molecule has 1 N–H and O–H groups in total. The summed E-state index contributed by atoms with van der Waals surface area (Å²) in [6.45, 7) is 3.89. The smallest absolute Gasteiger partial charge is 0 e. The Hall–Kier alpha value is -0.500. The van der Waals surface area contributed by atoms with Crippen molar-refractivity contribution in [2.24, 2.45) is 0 Å². The summed E-state index contributed by atoms with van der Waals surface area (Å²) in [5.74, 6) is 0. The fourth-order valence-corrected chi connectivity index (χ4v) is 1.34. The number of fused-ring (bicyclic) bond motifs is 1. The molecule has 1 aliphatic heterocycles. The summed E-state index contributed by atoms with van der Waals surface area (Å²) >= 11 is 0. The second-order valence-corrected chi connectivity index (χ2v) is 2.81. The SMILES string of the molecule is C=C1CCc2cc[c-]cc2N1.[Nb]. The monoisotopic (exact) mass is 237 g/mol. The quantitative estimate of drug-likeness (QED) is 0.539. The van der Waals surface area contributed by atoms with Gasteiger partial charge in [-0.25, -0.2) is 0 Å². The summed E-state index contributed by atoms with van der Waals surface area (Å²) < 4.78 is 0. The zero-order valence-corrected chi connectivity index (χ0v) is 9.00. The van der Waals surface area contributed by atoms with E-state index in [1.165, 1.54) is 11.3 Å². The van der Waals surface area contributed by atoms with Gasteiger partial charge in [0.15, 0.2) is 0 Å². The third kappa shape index (κ3) is 1.81. The van der Waals surface area contributed by atoms with Crippen LogP contribution in [0.3, 0.4) is 0 Å². The van der Waals surface area contributed by atoms with Crippen molar-refractivity contribution in [2.45, 2.75) is 12.8 Å². The maximum Gasteiger partial charge on any atom is 0 e. The van der Waals surface area contributed by atoms with Crippen molar-refractivity contribution >= 4 is 5.69 Å². The third-order valence-corrected chi connectivity index (χ3v) is 1.96. The van der Waals surface area contributed by atoms with Gasteiger partial charge in [-0.05, 0) is 18.5 Å². The molecule has 0 saturated heterocycles. The Morgan fingerprint density at radius 1 is 1.42 bits per heavy atom. The minimum Gasteiger partial charge on any atom is -0.412 e. The predicted octanol–water partition coefficient (Wildman–Crippen LogP) is 2.36. The third-order valence-electron chi connectivity index (χ3n) is 1.96. The maximum absolute atomic E-state index is 3.89. The van der Waals surface area contributed by atoms with Crippen LogP contribution in [0.25, 0.3) is 0 Å². The molecule has 0 fully saturated rings. The average Bonchev–Trinajstić information content (AvgIpc) is 2.04. The van der Waals surface area contributed by atoms with Crippen LogP contribution in [0.15, 0.2) is 30.5 Å². The van der Waals surface area contributed by atoms with E-state index >= 15 is 0 Å². The number of nitrogens with one attached hydrogen (secondary N) is 1. The molecule has 0 unspecified atom stereocenters. The molecule has 1 aromatic carbocycles. The van der Waals surface area contributed by atoms with E-state index in [2.05, 4.69) is 24.0 Å². The van der Waals surface area contributed by atoms with Crippen molar-refractivity contribution in [2.75, 3.05) is 5.32 Å². The van der Waals surface area contributed by atoms with Gasteiger partial charge < -0.3 is 5.32 Å². The van der Waals surface area contributed by atoms with Gasteiger partial charge in [-0.3, -0.25) is 0 Å². The first-order valence-electron chi connectivity index (χ1n) is 3.80. The summed E-state index contributed by atoms with van der Waals surface area (Å²) in [5.41, 5.74) is 3.65. The molecule has 1 heterocycles. The van der Waals surface area contributed by atoms with Gasteiger partial charge in [-0.15, -0.1) is 5.56 Å². The minimum absolute atomic E-state index is 0. The Labute approximate surface area is 88.4 Å². The molecule has 1 aliphatic rings. The topological polar surface area (TPSA) is 12.0 Å². The van der Waals surface area contributed by atoms with Crippen molar-refractivity contribution in [3.8, 4) is 0 Å². The molecule has 1 nitrogen and oxygen atoms in total. The maximum atomic E-state index is 3.89. The first kappa shape index (κ1) is 9.59. The van der Waals surface area contributed by atoms with Crippen molar-refractivity contribution in [3.63, 3.8) is 0 Å². The Morgan fingerprint density at radius 2 is 2.25 bits per heavy atom. The van der Waals surface area contributed by atoms with Crippen molar-refractivity contribution in [3.05, 3.63) is 42.1 Å².